The van der Waals surface area contributed by atoms with Crippen LogP contribution in [0.4, 0.5) is 43.7 Å². The molecule has 31 heteroatoms. The van der Waals surface area contributed by atoms with Gasteiger partial charge < -0.3 is 73.3 Å². The third-order valence-corrected chi connectivity index (χ3v) is 12.0. The molecule has 408 valence electrons. The minimum Gasteiger partial charge on any atom is -0.478 e. The van der Waals surface area contributed by atoms with E-state index in [2.05, 4.69) is 42.5 Å². The van der Waals surface area contributed by atoms with Crippen molar-refractivity contribution in [3.63, 3.8) is 0 Å². The minimum absolute atomic E-state index is 0.00461. The summed E-state index contributed by atoms with van der Waals surface area (Å²) in [6, 6.07) is 14.2. The first-order valence-corrected chi connectivity index (χ1v) is 30.5. The van der Waals surface area contributed by atoms with Crippen LogP contribution in [-0.2, 0) is 43.0 Å². The Hall–Kier alpha value is -3.29. The number of carboxylic acids is 1. The summed E-state index contributed by atoms with van der Waals surface area (Å²) >= 11 is 17.1. The molecule has 0 atom stereocenters. The molecular weight excluding hydrogens is 1680 g/mol. The van der Waals surface area contributed by atoms with Crippen LogP contribution < -0.4 is 54.0 Å². The highest BCUT2D eigenvalue weighted by Gasteiger charge is 2.12. The number of rotatable bonds is 24. The summed E-state index contributed by atoms with van der Waals surface area (Å²) in [7, 11) is 0. The predicted octanol–water partition coefficient (Wildman–Crippen LogP) is 6.06. The second-order valence-electron chi connectivity index (χ2n) is 13.7. The molecule has 0 saturated carbocycles. The lowest BCUT2D eigenvalue weighted by Crippen LogP contribution is -2.31. The van der Waals surface area contributed by atoms with Gasteiger partial charge in [-0.25, -0.2) is 14.4 Å². The highest BCUT2D eigenvalue weighted by molar-refractivity contribution is 14.1. The second kappa shape index (κ2) is 42.8. The lowest BCUT2D eigenvalue weighted by Gasteiger charge is -2.09. The van der Waals surface area contributed by atoms with Crippen molar-refractivity contribution >= 4 is 240 Å². The molecule has 8 amide bonds. The SMILES string of the molecule is Cc1cc(NC(=O)CI)cc(NC(=O)CI)c1.NCCNC(=O)OCCOCCOC(=O)NCCN.O=C(CI)Nc1cc(NC(=O)CI)cc(C(=O)Cl)c1.O=C(CI)Nc1cc(NC(=O)CI)cc(C(=O)O)c1. The second-order valence-corrected chi connectivity index (χ2v) is 18.6. The molecule has 0 bridgehead atoms. The van der Waals surface area contributed by atoms with Crippen molar-refractivity contribution in [3.05, 3.63) is 71.3 Å². The maximum atomic E-state index is 11.3. The quantitative estimate of drug-likeness (QED) is 0.0210. The van der Waals surface area contributed by atoms with Crippen LogP contribution in [0.15, 0.2) is 54.6 Å². The molecule has 0 heterocycles. The lowest BCUT2D eigenvalue weighted by atomic mass is 10.1. The van der Waals surface area contributed by atoms with E-state index < -0.39 is 23.4 Å². The van der Waals surface area contributed by atoms with Gasteiger partial charge in [-0.3, -0.25) is 33.6 Å². The zero-order valence-electron chi connectivity index (χ0n) is 39.2. The molecule has 3 aromatic carbocycles. The number of nitrogens with one attached hydrogen (secondary N) is 8. The minimum atomic E-state index is -1.13. The Morgan fingerprint density at radius 2 is 0.730 bits per heavy atom. The van der Waals surface area contributed by atoms with Gasteiger partial charge in [0.1, 0.15) is 13.2 Å². The average Bonchev–Trinajstić information content (AvgIpc) is 3.36. The van der Waals surface area contributed by atoms with E-state index in [0.717, 1.165) is 5.56 Å². The Morgan fingerprint density at radius 3 is 0.973 bits per heavy atom. The first kappa shape index (κ1) is 70.7. The highest BCUT2D eigenvalue weighted by Crippen LogP contribution is 2.22. The molecule has 0 aromatic heterocycles. The fraction of sp³-hybridized carbons (Fsp3) is 0.349. The third-order valence-electron chi connectivity index (χ3n) is 7.60. The van der Waals surface area contributed by atoms with E-state index in [1.54, 1.807) is 12.1 Å². The molecule has 0 unspecified atom stereocenters. The fourth-order valence-corrected chi connectivity index (χ4v) is 6.07. The maximum absolute atomic E-state index is 11.3. The fourth-order valence-electron chi connectivity index (χ4n) is 4.81. The number of anilines is 6. The van der Waals surface area contributed by atoms with E-state index in [0.29, 0.717) is 69.2 Å². The largest absolute Gasteiger partial charge is 0.478 e. The van der Waals surface area contributed by atoms with Crippen LogP contribution in [0, 0.1) is 6.92 Å². The van der Waals surface area contributed by atoms with Gasteiger partial charge in [0.2, 0.25) is 35.4 Å². The van der Waals surface area contributed by atoms with Crippen molar-refractivity contribution in [1.29, 1.82) is 0 Å². The number of hydrogen-bond donors (Lipinski definition) is 11. The molecule has 0 aliphatic rings. The Morgan fingerprint density at radius 1 is 0.459 bits per heavy atom. The number of ether oxygens (including phenoxy) is 3. The van der Waals surface area contributed by atoms with E-state index in [1.165, 1.54) is 30.3 Å². The summed E-state index contributed by atoms with van der Waals surface area (Å²) in [5.41, 5.74) is 14.5. The molecule has 0 fully saturated rings. The van der Waals surface area contributed by atoms with E-state index in [4.69, 9.17) is 42.4 Å². The number of carbonyl (C=O) groups is 10. The number of carboxylic acid groups (broad SMARTS) is 1. The number of aryl methyl sites for hydroxylation is 1. The molecule has 24 nitrogen and oxygen atoms in total. The molecule has 0 saturated heterocycles. The topological polar surface area (TPSA) is 367 Å². The van der Waals surface area contributed by atoms with Crippen LogP contribution in [0.1, 0.15) is 26.3 Å². The highest BCUT2D eigenvalue weighted by atomic mass is 127. The standard InChI is InChI=1S/C11H9ClI2N2O3.C11H10I2N2O4.C11H12I2N2O2.C10H22N4O5/c12-11(19)6-1-7(15-9(17)4-13)3-8(2-6)16-10(18)5-14;12-4-9(16)14-7-1-6(11(18)19)2-8(3-7)15-10(17)5-13;1-7-2-8(14-10(16)5-12)4-9(3-7)15-11(17)6-13;11-1-3-13-9(15)18-7-5-17-6-8-19-10(16)14-4-2-12/h1-3H,4-5H2,(H,15,17)(H,16,18);1-3H,4-5H2,(H,14,16)(H,15,17)(H,18,19);2-4H,5-6H2,1H3,(H,14,16)(H,15,17);1-8,11-12H2,(H,13,15)(H,14,16). The molecule has 0 aliphatic carbocycles. The number of hydrogen-bond acceptors (Lipinski definition) is 15. The maximum Gasteiger partial charge on any atom is 0.407 e. The summed E-state index contributed by atoms with van der Waals surface area (Å²) in [5, 5.41) is 29.1. The van der Waals surface area contributed by atoms with Crippen LogP contribution in [0.5, 0.6) is 0 Å². The molecule has 74 heavy (non-hydrogen) atoms. The Bertz CT molecular complexity index is 2130. The summed E-state index contributed by atoms with van der Waals surface area (Å²) in [6.45, 7) is 4.06. The molecular formula is C43H53ClI6N10O14. The number of aromatic carboxylic acids is 1. The molecule has 0 radical (unpaired) electrons. The van der Waals surface area contributed by atoms with Gasteiger partial charge in [0.25, 0.3) is 5.24 Å². The molecule has 13 N–H and O–H groups in total. The van der Waals surface area contributed by atoms with Crippen molar-refractivity contribution < 1.29 is 67.3 Å². The van der Waals surface area contributed by atoms with E-state index in [1.807, 2.05) is 155 Å². The monoisotopic (exact) mass is 1730 g/mol. The predicted molar refractivity (Wildman–Crippen MR) is 334 cm³/mol. The Labute approximate surface area is 512 Å². The van der Waals surface area contributed by atoms with Crippen molar-refractivity contribution in [2.45, 2.75) is 6.92 Å². The van der Waals surface area contributed by atoms with Crippen molar-refractivity contribution in [3.8, 4) is 0 Å². The van der Waals surface area contributed by atoms with E-state index in [9.17, 15) is 47.9 Å². The number of halogens is 7. The Kier molecular flexibility index (Phi) is 40.9. The van der Waals surface area contributed by atoms with E-state index >= 15 is 0 Å². The number of nitrogens with two attached hydrogens (primary N) is 2. The average molecular weight is 1730 g/mol. The van der Waals surface area contributed by atoms with Gasteiger partial charge in [0.05, 0.1) is 45.3 Å². The summed E-state index contributed by atoms with van der Waals surface area (Å²) < 4.78 is 16.5. The van der Waals surface area contributed by atoms with Crippen LogP contribution in [0.25, 0.3) is 0 Å². The van der Waals surface area contributed by atoms with Crippen molar-refractivity contribution in [1.82, 2.24) is 10.6 Å². The molecule has 0 spiro atoms. The van der Waals surface area contributed by atoms with Gasteiger partial charge in [-0.15, -0.1) is 0 Å². The van der Waals surface area contributed by atoms with Gasteiger partial charge in [-0.1, -0.05) is 136 Å². The smallest absolute Gasteiger partial charge is 0.407 e. The number of carbonyl (C=O) groups excluding carboxylic acids is 9. The third kappa shape index (κ3) is 35.1. The van der Waals surface area contributed by atoms with Gasteiger partial charge in [-0.05, 0) is 78.7 Å². The molecule has 0 aliphatic heterocycles. The van der Waals surface area contributed by atoms with Crippen molar-refractivity contribution in [2.75, 3.05) is 111 Å². The van der Waals surface area contributed by atoms with Gasteiger partial charge in [0, 0.05) is 65.9 Å². The Balaban J connectivity index is 0.000000961. The van der Waals surface area contributed by atoms with Gasteiger partial charge in [0.15, 0.2) is 0 Å². The molecule has 3 rings (SSSR count). The first-order valence-electron chi connectivity index (χ1n) is 21.0. The number of alkyl carbamates (subject to hydrolysis) is 2. The van der Waals surface area contributed by atoms with Gasteiger partial charge >= 0.3 is 18.2 Å². The number of benzene rings is 3. The van der Waals surface area contributed by atoms with E-state index in [-0.39, 0.29) is 90.7 Å². The van der Waals surface area contributed by atoms with Crippen LogP contribution in [-0.4, -0.2) is 143 Å². The zero-order chi connectivity index (χ0) is 56.0. The van der Waals surface area contributed by atoms with Crippen LogP contribution in [0.2, 0.25) is 0 Å². The van der Waals surface area contributed by atoms with Crippen LogP contribution >= 0.6 is 147 Å². The van der Waals surface area contributed by atoms with Crippen molar-refractivity contribution in [2.24, 2.45) is 11.5 Å². The summed E-state index contributed by atoms with van der Waals surface area (Å²) in [4.78, 5) is 112. The molecule has 3 aromatic rings. The number of amides is 8. The van der Waals surface area contributed by atoms with Crippen LogP contribution in [0.3, 0.4) is 0 Å². The zero-order valence-corrected chi connectivity index (χ0v) is 52.9. The first-order chi connectivity index (χ1) is 35.2. The number of alkyl halides is 6. The lowest BCUT2D eigenvalue weighted by molar-refractivity contribution is -0.114. The van der Waals surface area contributed by atoms with Gasteiger partial charge in [-0.2, -0.15) is 0 Å². The normalized spacial score (nSPS) is 9.81. The summed E-state index contributed by atoms with van der Waals surface area (Å²) in [5.74, 6) is -2.12. The summed E-state index contributed by atoms with van der Waals surface area (Å²) in [6.07, 6.45) is -1.07.